The van der Waals surface area contributed by atoms with Gasteiger partial charge in [0.1, 0.15) is 10.6 Å². The molecule has 0 radical (unpaired) electrons. The van der Waals surface area contributed by atoms with Gasteiger partial charge in [0.2, 0.25) is 0 Å². The van der Waals surface area contributed by atoms with Gasteiger partial charge in [-0.15, -0.1) is 11.3 Å². The van der Waals surface area contributed by atoms with E-state index in [1.165, 1.54) is 11.3 Å². The molecule has 1 amide bonds. The molecule has 0 atom stereocenters. The second-order valence-electron chi connectivity index (χ2n) is 6.22. The summed E-state index contributed by atoms with van der Waals surface area (Å²) in [7, 11) is 0. The van der Waals surface area contributed by atoms with Gasteiger partial charge in [-0.25, -0.2) is 9.59 Å². The van der Waals surface area contributed by atoms with E-state index in [4.69, 9.17) is 21.1 Å². The molecular formula is C22H17BrClNO5S. The van der Waals surface area contributed by atoms with Crippen molar-refractivity contribution >= 4 is 61.7 Å². The van der Waals surface area contributed by atoms with Crippen molar-refractivity contribution in [2.45, 2.75) is 6.92 Å². The monoisotopic (exact) mass is 521 g/mol. The van der Waals surface area contributed by atoms with Gasteiger partial charge in [0.25, 0.3) is 5.91 Å². The van der Waals surface area contributed by atoms with Crippen molar-refractivity contribution in [3.63, 3.8) is 0 Å². The van der Waals surface area contributed by atoms with Gasteiger partial charge in [0, 0.05) is 20.4 Å². The summed E-state index contributed by atoms with van der Waals surface area (Å²) in [5, 5.41) is 5.26. The summed E-state index contributed by atoms with van der Waals surface area (Å²) in [6.07, 6.45) is 0. The third kappa shape index (κ3) is 5.94. The highest BCUT2D eigenvalue weighted by Crippen LogP contribution is 2.36. The highest BCUT2D eigenvalue weighted by atomic mass is 79.9. The zero-order chi connectivity index (χ0) is 22.4. The summed E-state index contributed by atoms with van der Waals surface area (Å²) in [4.78, 5) is 37.1. The lowest BCUT2D eigenvalue weighted by Gasteiger charge is -2.09. The smallest absolute Gasteiger partial charge is 0.341 e. The molecule has 1 aromatic heterocycles. The molecular weight excluding hydrogens is 506 g/mol. The number of nitrogens with one attached hydrogen (secondary N) is 1. The van der Waals surface area contributed by atoms with Crippen LogP contribution in [-0.2, 0) is 14.3 Å². The molecule has 6 nitrogen and oxygen atoms in total. The molecule has 31 heavy (non-hydrogen) atoms. The Labute approximate surface area is 196 Å². The number of rotatable bonds is 7. The first-order valence-corrected chi connectivity index (χ1v) is 11.2. The molecule has 9 heteroatoms. The summed E-state index contributed by atoms with van der Waals surface area (Å²) in [6.45, 7) is 1.39. The third-order valence-corrected chi connectivity index (χ3v) is 5.71. The van der Waals surface area contributed by atoms with E-state index in [9.17, 15) is 14.4 Å². The molecule has 0 aliphatic rings. The molecule has 0 bridgehead atoms. The van der Waals surface area contributed by atoms with Crippen LogP contribution in [0.3, 0.4) is 0 Å². The number of thiophene rings is 1. The number of anilines is 1. The minimum absolute atomic E-state index is 0.187. The molecule has 0 saturated carbocycles. The lowest BCUT2D eigenvalue weighted by molar-refractivity contribution is -0.119. The van der Waals surface area contributed by atoms with Gasteiger partial charge >= 0.3 is 11.9 Å². The van der Waals surface area contributed by atoms with Crippen LogP contribution < -0.4 is 5.32 Å². The Kier molecular flexibility index (Phi) is 7.84. The lowest BCUT2D eigenvalue weighted by atomic mass is 10.0. The van der Waals surface area contributed by atoms with Crippen LogP contribution in [-0.4, -0.2) is 31.1 Å². The van der Waals surface area contributed by atoms with Crippen LogP contribution in [0, 0.1) is 0 Å². The molecule has 1 N–H and O–H groups in total. The molecule has 160 valence electrons. The average molecular weight is 523 g/mol. The summed E-state index contributed by atoms with van der Waals surface area (Å²) >= 11 is 10.4. The Bertz CT molecular complexity index is 1110. The largest absolute Gasteiger partial charge is 0.462 e. The molecule has 0 saturated heterocycles. The van der Waals surface area contributed by atoms with Crippen molar-refractivity contribution in [2.75, 3.05) is 18.5 Å². The molecule has 0 unspecified atom stereocenters. The van der Waals surface area contributed by atoms with E-state index in [0.29, 0.717) is 21.2 Å². The van der Waals surface area contributed by atoms with E-state index < -0.39 is 24.5 Å². The average Bonchev–Trinajstić information content (AvgIpc) is 3.16. The van der Waals surface area contributed by atoms with Crippen LogP contribution in [0.2, 0.25) is 5.02 Å². The van der Waals surface area contributed by atoms with Crippen molar-refractivity contribution in [3.05, 3.63) is 74.5 Å². The molecule has 0 aliphatic carbocycles. The van der Waals surface area contributed by atoms with Gasteiger partial charge in [-0.3, -0.25) is 4.79 Å². The third-order valence-electron chi connectivity index (χ3n) is 4.07. The van der Waals surface area contributed by atoms with Gasteiger partial charge in [0.05, 0.1) is 12.2 Å². The van der Waals surface area contributed by atoms with Crippen molar-refractivity contribution in [1.82, 2.24) is 0 Å². The fraction of sp³-hybridized carbons (Fsp3) is 0.136. The molecule has 0 fully saturated rings. The Morgan fingerprint density at radius 2 is 1.81 bits per heavy atom. The first-order chi connectivity index (χ1) is 14.9. The molecule has 0 aliphatic heterocycles. The fourth-order valence-electron chi connectivity index (χ4n) is 2.69. The Hall–Kier alpha value is -2.68. The van der Waals surface area contributed by atoms with E-state index in [1.54, 1.807) is 60.8 Å². The van der Waals surface area contributed by atoms with Crippen LogP contribution in [0.1, 0.15) is 27.6 Å². The number of ether oxygens (including phenoxy) is 2. The maximum absolute atomic E-state index is 12.6. The topological polar surface area (TPSA) is 81.7 Å². The number of carbonyl (C=O) groups is 3. The van der Waals surface area contributed by atoms with Crippen molar-refractivity contribution in [2.24, 2.45) is 0 Å². The van der Waals surface area contributed by atoms with Crippen molar-refractivity contribution in [1.29, 1.82) is 0 Å². The zero-order valence-electron chi connectivity index (χ0n) is 16.3. The molecule has 3 rings (SSSR count). The van der Waals surface area contributed by atoms with Crippen LogP contribution in [0.25, 0.3) is 11.1 Å². The second kappa shape index (κ2) is 10.6. The van der Waals surface area contributed by atoms with Gasteiger partial charge in [-0.05, 0) is 42.8 Å². The minimum Gasteiger partial charge on any atom is -0.462 e. The van der Waals surface area contributed by atoms with Gasteiger partial charge in [-0.2, -0.15) is 0 Å². The van der Waals surface area contributed by atoms with E-state index in [1.807, 2.05) is 0 Å². The number of halogens is 2. The van der Waals surface area contributed by atoms with Gasteiger partial charge < -0.3 is 14.8 Å². The summed E-state index contributed by atoms with van der Waals surface area (Å²) in [6, 6.07) is 13.6. The number of hydrogen-bond donors (Lipinski definition) is 1. The molecule has 0 spiro atoms. The van der Waals surface area contributed by atoms with E-state index in [2.05, 4.69) is 21.2 Å². The van der Waals surface area contributed by atoms with Crippen LogP contribution >= 0.6 is 38.9 Å². The van der Waals surface area contributed by atoms with Crippen LogP contribution in [0.4, 0.5) is 5.00 Å². The van der Waals surface area contributed by atoms with E-state index in [0.717, 1.165) is 10.0 Å². The van der Waals surface area contributed by atoms with E-state index >= 15 is 0 Å². The van der Waals surface area contributed by atoms with Crippen LogP contribution in [0.15, 0.2) is 58.4 Å². The second-order valence-corrected chi connectivity index (χ2v) is 8.45. The first kappa shape index (κ1) is 23.0. The normalized spacial score (nSPS) is 10.4. The number of carbonyl (C=O) groups excluding carboxylic acids is 3. The molecule has 2 aromatic carbocycles. The lowest BCUT2D eigenvalue weighted by Crippen LogP contribution is -2.21. The number of hydrogen-bond acceptors (Lipinski definition) is 6. The number of benzene rings is 2. The SMILES string of the molecule is CCOC(=O)c1c(-c2ccc(Cl)cc2)csc1NC(=O)COC(=O)c1cccc(Br)c1. The van der Waals surface area contributed by atoms with Crippen molar-refractivity contribution < 1.29 is 23.9 Å². The first-order valence-electron chi connectivity index (χ1n) is 9.16. The maximum Gasteiger partial charge on any atom is 0.341 e. The zero-order valence-corrected chi connectivity index (χ0v) is 19.5. The number of amides is 1. The minimum atomic E-state index is -0.630. The Morgan fingerprint density at radius 1 is 1.06 bits per heavy atom. The van der Waals surface area contributed by atoms with E-state index in [-0.39, 0.29) is 12.2 Å². The maximum atomic E-state index is 12.6. The summed E-state index contributed by atoms with van der Waals surface area (Å²) < 4.78 is 11.0. The highest BCUT2D eigenvalue weighted by molar-refractivity contribution is 9.10. The quantitative estimate of drug-likeness (QED) is 0.396. The summed E-state index contributed by atoms with van der Waals surface area (Å²) in [5.74, 6) is -1.76. The molecule has 3 aromatic rings. The van der Waals surface area contributed by atoms with Gasteiger partial charge in [-0.1, -0.05) is 45.7 Å². The standard InChI is InChI=1S/C22H17BrClNO5S/c1-2-29-22(28)19-17(13-6-8-16(24)9-7-13)12-31-20(19)25-18(26)11-30-21(27)14-4-3-5-15(23)10-14/h3-10,12H,2,11H2,1H3,(H,25,26). The fourth-order valence-corrected chi connectivity index (χ4v) is 4.19. The van der Waals surface area contributed by atoms with Crippen LogP contribution in [0.5, 0.6) is 0 Å². The van der Waals surface area contributed by atoms with Gasteiger partial charge in [0.15, 0.2) is 6.61 Å². The Morgan fingerprint density at radius 3 is 2.48 bits per heavy atom. The number of esters is 2. The predicted octanol–water partition coefficient (Wildman–Crippen LogP) is 5.80. The highest BCUT2D eigenvalue weighted by Gasteiger charge is 2.23. The predicted molar refractivity (Wildman–Crippen MR) is 124 cm³/mol. The summed E-state index contributed by atoms with van der Waals surface area (Å²) in [5.41, 5.74) is 1.92. The molecule has 1 heterocycles. The van der Waals surface area contributed by atoms with Crippen molar-refractivity contribution in [3.8, 4) is 11.1 Å². The Balaban J connectivity index is 1.75.